The SMILES string of the molecule is CCCCCCCCn1c(=O)c2c(nc(-c3ccc(-c4nc5c(c(=O)n(C)c(=O)n5C)n4C)c4nsnc34)n2C)n(C)c1=O. The number of benzene rings is 1. The van der Waals surface area contributed by atoms with Gasteiger partial charge >= 0.3 is 11.4 Å². The first kappa shape index (κ1) is 29.4. The van der Waals surface area contributed by atoms with Crippen LogP contribution in [0.25, 0.3) is 56.1 Å². The van der Waals surface area contributed by atoms with Crippen molar-refractivity contribution in [2.75, 3.05) is 0 Å². The smallest absolute Gasteiger partial charge is 0.321 e. The van der Waals surface area contributed by atoms with Crippen molar-refractivity contribution in [1.29, 1.82) is 0 Å². The lowest BCUT2D eigenvalue weighted by Crippen LogP contribution is -2.39. The lowest BCUT2D eigenvalue weighted by Gasteiger charge is -2.09. The van der Waals surface area contributed by atoms with Gasteiger partial charge in [-0.3, -0.25) is 27.9 Å². The normalized spacial score (nSPS) is 12.0. The third kappa shape index (κ3) is 4.36. The van der Waals surface area contributed by atoms with Crippen LogP contribution in [0.4, 0.5) is 0 Å². The van der Waals surface area contributed by atoms with Crippen LogP contribution in [0.1, 0.15) is 45.4 Å². The number of aryl methyl sites for hydroxylation is 4. The van der Waals surface area contributed by atoms with Crippen LogP contribution in [0.5, 0.6) is 0 Å². The largest absolute Gasteiger partial charge is 0.332 e. The van der Waals surface area contributed by atoms with Crippen LogP contribution in [0.3, 0.4) is 0 Å². The Morgan fingerprint density at radius 2 is 1.11 bits per heavy atom. The maximum absolute atomic E-state index is 13.6. The van der Waals surface area contributed by atoms with Crippen molar-refractivity contribution in [3.05, 3.63) is 53.8 Å². The summed E-state index contributed by atoms with van der Waals surface area (Å²) >= 11 is 1.02. The van der Waals surface area contributed by atoms with E-state index in [-0.39, 0.29) is 16.9 Å². The van der Waals surface area contributed by atoms with Gasteiger partial charge in [0.2, 0.25) is 0 Å². The van der Waals surface area contributed by atoms with E-state index in [4.69, 9.17) is 4.98 Å². The summed E-state index contributed by atoms with van der Waals surface area (Å²) < 4.78 is 17.6. The lowest BCUT2D eigenvalue weighted by atomic mass is 10.1. The van der Waals surface area contributed by atoms with E-state index in [9.17, 15) is 19.2 Å². The highest BCUT2D eigenvalue weighted by Gasteiger charge is 2.25. The molecule has 5 heterocycles. The average Bonchev–Trinajstić information content (AvgIpc) is 3.73. The molecule has 0 aliphatic rings. The molecule has 14 nitrogen and oxygen atoms in total. The maximum Gasteiger partial charge on any atom is 0.332 e. The fraction of sp³-hybridized carbons (Fsp3) is 0.448. The quantitative estimate of drug-likeness (QED) is 0.224. The third-order valence-electron chi connectivity index (χ3n) is 8.47. The molecule has 0 aliphatic heterocycles. The zero-order valence-corrected chi connectivity index (χ0v) is 26.4. The van der Waals surface area contributed by atoms with Gasteiger partial charge in [-0.15, -0.1) is 0 Å². The van der Waals surface area contributed by atoms with Gasteiger partial charge in [0, 0.05) is 52.9 Å². The highest BCUT2D eigenvalue weighted by Crippen LogP contribution is 2.35. The summed E-state index contributed by atoms with van der Waals surface area (Å²) in [7, 11) is 8.12. The monoisotopic (exact) mass is 618 g/mol. The van der Waals surface area contributed by atoms with E-state index in [0.717, 1.165) is 48.4 Å². The molecule has 0 N–H and O–H groups in total. The van der Waals surface area contributed by atoms with Crippen LogP contribution in [-0.2, 0) is 41.8 Å². The van der Waals surface area contributed by atoms with Gasteiger partial charge in [0.05, 0.1) is 11.7 Å². The number of hydrogen-bond donors (Lipinski definition) is 0. The van der Waals surface area contributed by atoms with Crippen molar-refractivity contribution in [3.8, 4) is 22.8 Å². The molecule has 1 aromatic carbocycles. The van der Waals surface area contributed by atoms with Crippen molar-refractivity contribution in [3.63, 3.8) is 0 Å². The minimum Gasteiger partial charge on any atom is -0.321 e. The maximum atomic E-state index is 13.6. The van der Waals surface area contributed by atoms with Crippen molar-refractivity contribution < 1.29 is 0 Å². The standard InChI is InChI=1S/C29H34N10O4S/c1-7-8-9-10-11-12-15-39-27(41)21-25(37(5)29(39)43)31-23(35(21)3)17-14-13-16(18-19(17)33-44-32-18)22-30-24-20(34(22)2)26(40)38(6)28(42)36(24)4/h13-14H,7-12,15H2,1-6H3. The van der Waals surface area contributed by atoms with Crippen LogP contribution in [0.2, 0.25) is 0 Å². The summed E-state index contributed by atoms with van der Waals surface area (Å²) in [6.45, 7) is 2.53. The molecular weight excluding hydrogens is 584 g/mol. The molecule has 230 valence electrons. The Labute approximate surface area is 254 Å². The Bertz CT molecular complexity index is 2330. The summed E-state index contributed by atoms with van der Waals surface area (Å²) in [6.07, 6.45) is 6.30. The predicted molar refractivity (Wildman–Crippen MR) is 170 cm³/mol. The average molecular weight is 619 g/mol. The van der Waals surface area contributed by atoms with Crippen LogP contribution in [-0.4, -0.2) is 46.1 Å². The number of nitrogens with zero attached hydrogens (tertiary/aromatic N) is 10. The molecule has 0 spiro atoms. The Kier molecular flexibility index (Phi) is 7.43. The minimum absolute atomic E-state index is 0.268. The molecule has 44 heavy (non-hydrogen) atoms. The molecule has 15 heteroatoms. The second-order valence-electron chi connectivity index (χ2n) is 11.2. The number of hydrogen-bond acceptors (Lipinski definition) is 9. The Morgan fingerprint density at radius 1 is 0.614 bits per heavy atom. The van der Waals surface area contributed by atoms with Crippen LogP contribution in [0, 0.1) is 0 Å². The fourth-order valence-electron chi connectivity index (χ4n) is 5.92. The Balaban J connectivity index is 1.47. The molecule has 6 aromatic rings. The van der Waals surface area contributed by atoms with Crippen molar-refractivity contribution >= 4 is 45.1 Å². The van der Waals surface area contributed by atoms with Crippen molar-refractivity contribution in [2.24, 2.45) is 35.2 Å². The molecule has 0 saturated carbocycles. The van der Waals surface area contributed by atoms with E-state index in [1.165, 1.54) is 27.2 Å². The summed E-state index contributed by atoms with van der Waals surface area (Å²) in [5.41, 5.74) is 1.85. The van der Waals surface area contributed by atoms with E-state index in [0.29, 0.717) is 57.0 Å². The number of fused-ring (bicyclic) bond motifs is 3. The van der Waals surface area contributed by atoms with Gasteiger partial charge in [-0.05, 0) is 18.6 Å². The first-order valence-corrected chi connectivity index (χ1v) is 15.4. The minimum atomic E-state index is -0.467. The van der Waals surface area contributed by atoms with Gasteiger partial charge in [-0.1, -0.05) is 39.0 Å². The third-order valence-corrected chi connectivity index (χ3v) is 9.00. The molecule has 0 radical (unpaired) electrons. The second kappa shape index (κ2) is 11.1. The molecule has 0 unspecified atom stereocenters. The fourth-order valence-corrected chi connectivity index (χ4v) is 6.49. The molecule has 6 rings (SSSR count). The van der Waals surface area contributed by atoms with Gasteiger partial charge < -0.3 is 9.13 Å². The molecule has 0 aliphatic carbocycles. The molecule has 0 atom stereocenters. The summed E-state index contributed by atoms with van der Waals surface area (Å²) in [6, 6.07) is 3.64. The molecule has 0 bridgehead atoms. The van der Waals surface area contributed by atoms with Gasteiger partial charge in [-0.2, -0.15) is 8.75 Å². The molecule has 0 fully saturated rings. The van der Waals surface area contributed by atoms with Gasteiger partial charge in [-0.25, -0.2) is 19.6 Å². The zero-order valence-electron chi connectivity index (χ0n) is 25.6. The zero-order chi connectivity index (χ0) is 31.4. The lowest BCUT2D eigenvalue weighted by molar-refractivity contribution is 0.526. The Morgan fingerprint density at radius 3 is 1.68 bits per heavy atom. The number of aromatic nitrogens is 10. The summed E-state index contributed by atoms with van der Waals surface area (Å²) in [4.78, 5) is 61.7. The predicted octanol–water partition coefficient (Wildman–Crippen LogP) is 2.42. The number of imidazole rings is 2. The molecule has 5 aromatic heterocycles. The number of rotatable bonds is 9. The van der Waals surface area contributed by atoms with Crippen molar-refractivity contribution in [1.82, 2.24) is 46.1 Å². The molecular formula is C29H34N10O4S. The van der Waals surface area contributed by atoms with Gasteiger partial charge in [0.15, 0.2) is 22.3 Å². The summed E-state index contributed by atoms with van der Waals surface area (Å²) in [5.74, 6) is 0.919. The summed E-state index contributed by atoms with van der Waals surface area (Å²) in [5, 5.41) is 0. The second-order valence-corrected chi connectivity index (χ2v) is 11.8. The van der Waals surface area contributed by atoms with Gasteiger partial charge in [0.25, 0.3) is 11.1 Å². The van der Waals surface area contributed by atoms with Crippen molar-refractivity contribution in [2.45, 2.75) is 52.0 Å². The first-order valence-electron chi connectivity index (χ1n) is 14.6. The van der Waals surface area contributed by atoms with E-state index < -0.39 is 11.2 Å². The van der Waals surface area contributed by atoms with E-state index in [1.54, 1.807) is 37.3 Å². The first-order chi connectivity index (χ1) is 21.1. The topological polar surface area (TPSA) is 149 Å². The van der Waals surface area contributed by atoms with E-state index in [1.807, 2.05) is 12.1 Å². The Hall–Kier alpha value is -4.66. The molecule has 0 amide bonds. The number of unbranched alkanes of at least 4 members (excludes halogenated alkanes) is 5. The van der Waals surface area contributed by atoms with Crippen LogP contribution in [0.15, 0.2) is 31.3 Å². The van der Waals surface area contributed by atoms with E-state index in [2.05, 4.69) is 20.7 Å². The highest BCUT2D eigenvalue weighted by atomic mass is 32.1. The van der Waals surface area contributed by atoms with Crippen LogP contribution >= 0.6 is 11.7 Å². The molecule has 0 saturated heterocycles. The van der Waals surface area contributed by atoms with E-state index >= 15 is 0 Å². The highest BCUT2D eigenvalue weighted by molar-refractivity contribution is 7.00. The van der Waals surface area contributed by atoms with Crippen LogP contribution < -0.4 is 22.5 Å². The van der Waals surface area contributed by atoms with Gasteiger partial charge in [0.1, 0.15) is 22.7 Å².